The molecule has 1 saturated heterocycles. The molecule has 2 amide bonds. The van der Waals surface area contributed by atoms with E-state index in [1.807, 2.05) is 4.90 Å². The maximum Gasteiger partial charge on any atom is 0.345 e. The highest BCUT2D eigenvalue weighted by Gasteiger charge is 2.43. The van der Waals surface area contributed by atoms with Crippen molar-refractivity contribution in [1.29, 1.82) is 0 Å². The van der Waals surface area contributed by atoms with Crippen LogP contribution in [0.15, 0.2) is 24.3 Å². The van der Waals surface area contributed by atoms with Crippen molar-refractivity contribution in [2.75, 3.05) is 13.2 Å². The molecule has 2 aliphatic heterocycles. The summed E-state index contributed by atoms with van der Waals surface area (Å²) in [6, 6.07) is 0.281. The quantitative estimate of drug-likeness (QED) is 0.681. The van der Waals surface area contributed by atoms with Gasteiger partial charge in [-0.05, 0) is 13.3 Å². The lowest BCUT2D eigenvalue weighted by atomic mass is 9.99. The van der Waals surface area contributed by atoms with Crippen LogP contribution in [0.5, 0.6) is 0 Å². The van der Waals surface area contributed by atoms with Gasteiger partial charge in [-0.1, -0.05) is 24.6 Å². The van der Waals surface area contributed by atoms with Gasteiger partial charge in [-0.3, -0.25) is 4.84 Å². The molecule has 4 nitrogen and oxygen atoms in total. The number of amides is 2. The minimum absolute atomic E-state index is 0.0215. The van der Waals surface area contributed by atoms with Crippen LogP contribution >= 0.6 is 0 Å². The minimum atomic E-state index is -0.0215. The second-order valence-electron chi connectivity index (χ2n) is 4.25. The van der Waals surface area contributed by atoms with Crippen LogP contribution in [0.3, 0.4) is 0 Å². The Hall–Kier alpha value is -1.29. The summed E-state index contributed by atoms with van der Waals surface area (Å²) in [5.41, 5.74) is 1.26. The number of hydrogen-bond acceptors (Lipinski definition) is 2. The topological polar surface area (TPSA) is 32.8 Å². The predicted molar refractivity (Wildman–Crippen MR) is 61.7 cm³/mol. The van der Waals surface area contributed by atoms with Gasteiger partial charge < -0.3 is 4.90 Å². The Balaban J connectivity index is 2.17. The molecule has 0 unspecified atom stereocenters. The van der Waals surface area contributed by atoms with Gasteiger partial charge >= 0.3 is 6.03 Å². The third kappa shape index (κ3) is 1.63. The zero-order chi connectivity index (χ0) is 11.7. The molecule has 0 spiro atoms. The molecule has 16 heavy (non-hydrogen) atoms. The van der Waals surface area contributed by atoms with Crippen molar-refractivity contribution in [2.45, 2.75) is 32.4 Å². The number of urea groups is 1. The highest BCUT2D eigenvalue weighted by atomic mass is 16.7. The van der Waals surface area contributed by atoms with Crippen LogP contribution in [0.25, 0.3) is 0 Å². The van der Waals surface area contributed by atoms with Crippen LogP contribution in [0.1, 0.15) is 20.3 Å². The Kier molecular flexibility index (Phi) is 3.01. The Labute approximate surface area is 96.1 Å². The smallest absolute Gasteiger partial charge is 0.314 e. The SMILES string of the molecule is C=CCON1C(=O)N2C[C@H]1C=C(C)[C@H]2CC. The molecule has 1 fully saturated rings. The third-order valence-electron chi connectivity index (χ3n) is 3.19. The average Bonchev–Trinajstić information content (AvgIpc) is 2.51. The van der Waals surface area contributed by atoms with E-state index in [1.165, 1.54) is 10.6 Å². The van der Waals surface area contributed by atoms with Crippen molar-refractivity contribution in [2.24, 2.45) is 0 Å². The first-order valence-corrected chi connectivity index (χ1v) is 5.71. The summed E-state index contributed by atoms with van der Waals surface area (Å²) in [6.07, 6.45) is 4.74. The normalized spacial score (nSPS) is 28.4. The number of rotatable bonds is 4. The molecule has 0 N–H and O–H groups in total. The Morgan fingerprint density at radius 2 is 2.44 bits per heavy atom. The largest absolute Gasteiger partial charge is 0.345 e. The Morgan fingerprint density at radius 1 is 1.69 bits per heavy atom. The van der Waals surface area contributed by atoms with Gasteiger partial charge in [0.2, 0.25) is 0 Å². The fourth-order valence-electron chi connectivity index (χ4n) is 2.49. The van der Waals surface area contributed by atoms with Crippen molar-refractivity contribution in [3.8, 4) is 0 Å². The summed E-state index contributed by atoms with van der Waals surface area (Å²) in [7, 11) is 0. The van der Waals surface area contributed by atoms with Crippen LogP contribution in [0.2, 0.25) is 0 Å². The van der Waals surface area contributed by atoms with Gasteiger partial charge in [0.05, 0.1) is 18.7 Å². The van der Waals surface area contributed by atoms with Crippen molar-refractivity contribution >= 4 is 6.03 Å². The molecule has 2 heterocycles. The molecular weight excluding hydrogens is 204 g/mol. The average molecular weight is 222 g/mol. The first-order chi connectivity index (χ1) is 7.69. The molecule has 2 rings (SSSR count). The minimum Gasteiger partial charge on any atom is -0.314 e. The molecule has 4 heteroatoms. The molecular formula is C12H18N2O2. The van der Waals surface area contributed by atoms with E-state index in [2.05, 4.69) is 26.5 Å². The number of nitrogens with zero attached hydrogens (tertiary/aromatic N) is 2. The summed E-state index contributed by atoms with van der Waals surface area (Å²) in [5.74, 6) is 0. The molecule has 2 aliphatic rings. The van der Waals surface area contributed by atoms with Gasteiger partial charge in [-0.25, -0.2) is 4.79 Å². The van der Waals surface area contributed by atoms with E-state index in [-0.39, 0.29) is 18.1 Å². The zero-order valence-corrected chi connectivity index (χ0v) is 9.85. The Bertz CT molecular complexity index is 338. The second-order valence-corrected chi connectivity index (χ2v) is 4.25. The Morgan fingerprint density at radius 3 is 3.06 bits per heavy atom. The molecule has 0 radical (unpaired) electrons. The van der Waals surface area contributed by atoms with Gasteiger partial charge in [0.25, 0.3) is 0 Å². The van der Waals surface area contributed by atoms with Gasteiger partial charge in [-0.2, -0.15) is 5.06 Å². The summed E-state index contributed by atoms with van der Waals surface area (Å²) in [6.45, 7) is 8.88. The zero-order valence-electron chi connectivity index (χ0n) is 9.85. The molecule has 2 bridgehead atoms. The van der Waals surface area contributed by atoms with Crippen molar-refractivity contribution in [3.05, 3.63) is 24.3 Å². The fourth-order valence-corrected chi connectivity index (χ4v) is 2.49. The maximum atomic E-state index is 12.1. The summed E-state index contributed by atoms with van der Waals surface area (Å²) < 4.78 is 0. The first-order valence-electron chi connectivity index (χ1n) is 5.71. The highest BCUT2D eigenvalue weighted by molar-refractivity contribution is 5.78. The van der Waals surface area contributed by atoms with Crippen molar-refractivity contribution < 1.29 is 9.63 Å². The van der Waals surface area contributed by atoms with Crippen LogP contribution in [0, 0.1) is 0 Å². The molecule has 0 aliphatic carbocycles. The van der Waals surface area contributed by atoms with Crippen LogP contribution in [-0.2, 0) is 4.84 Å². The first kappa shape index (κ1) is 11.2. The monoisotopic (exact) mass is 222 g/mol. The molecule has 0 aromatic carbocycles. The maximum absolute atomic E-state index is 12.1. The lowest BCUT2D eigenvalue weighted by molar-refractivity contribution is -0.107. The van der Waals surface area contributed by atoms with E-state index in [0.29, 0.717) is 6.61 Å². The summed E-state index contributed by atoms with van der Waals surface area (Å²) >= 11 is 0. The molecule has 0 saturated carbocycles. The number of carbonyl (C=O) groups excluding carboxylic acids is 1. The standard InChI is InChI=1S/C12H18N2O2/c1-4-6-16-14-10-7-9(3)11(5-2)13(8-10)12(14)15/h4,7,10-11H,1,5-6,8H2,2-3H3/t10-,11-/m1/s1. The van der Waals surface area contributed by atoms with E-state index in [1.54, 1.807) is 6.08 Å². The number of hydrogen-bond donors (Lipinski definition) is 0. The predicted octanol–water partition coefficient (Wildman–Crippen LogP) is 1.95. The second kappa shape index (κ2) is 4.29. The number of carbonyl (C=O) groups is 1. The molecule has 88 valence electrons. The number of hydroxylamine groups is 2. The van der Waals surface area contributed by atoms with E-state index in [9.17, 15) is 4.79 Å². The van der Waals surface area contributed by atoms with E-state index < -0.39 is 0 Å². The van der Waals surface area contributed by atoms with Gasteiger partial charge in [-0.15, -0.1) is 6.58 Å². The van der Waals surface area contributed by atoms with Crippen LogP contribution in [-0.4, -0.2) is 41.2 Å². The lowest BCUT2D eigenvalue weighted by Gasteiger charge is -2.29. The lowest BCUT2D eigenvalue weighted by Crippen LogP contribution is -2.39. The van der Waals surface area contributed by atoms with Crippen molar-refractivity contribution in [1.82, 2.24) is 9.96 Å². The van der Waals surface area contributed by atoms with Gasteiger partial charge in [0.15, 0.2) is 0 Å². The highest BCUT2D eigenvalue weighted by Crippen LogP contribution is 2.30. The van der Waals surface area contributed by atoms with Crippen LogP contribution in [0.4, 0.5) is 4.79 Å². The third-order valence-corrected chi connectivity index (χ3v) is 3.19. The van der Waals surface area contributed by atoms with E-state index in [4.69, 9.17) is 4.84 Å². The molecule has 0 aromatic rings. The molecule has 2 atom stereocenters. The fraction of sp³-hybridized carbons (Fsp3) is 0.583. The number of fused-ring (bicyclic) bond motifs is 2. The van der Waals surface area contributed by atoms with E-state index >= 15 is 0 Å². The summed E-state index contributed by atoms with van der Waals surface area (Å²) in [5, 5.41) is 1.47. The van der Waals surface area contributed by atoms with E-state index in [0.717, 1.165) is 13.0 Å². The van der Waals surface area contributed by atoms with Gasteiger partial charge in [0, 0.05) is 6.54 Å². The summed E-state index contributed by atoms with van der Waals surface area (Å²) in [4.78, 5) is 19.4. The van der Waals surface area contributed by atoms with Crippen LogP contribution < -0.4 is 0 Å². The van der Waals surface area contributed by atoms with Crippen molar-refractivity contribution in [3.63, 3.8) is 0 Å². The van der Waals surface area contributed by atoms with Gasteiger partial charge in [0.1, 0.15) is 0 Å². The molecule has 0 aromatic heterocycles.